The lowest BCUT2D eigenvalue weighted by Crippen LogP contribution is -2.14. The molecule has 0 atom stereocenters. The van der Waals surface area contributed by atoms with Crippen molar-refractivity contribution >= 4 is 33.6 Å². The minimum absolute atomic E-state index is 0.0692. The van der Waals surface area contributed by atoms with E-state index in [-0.39, 0.29) is 11.5 Å². The number of anilines is 1. The number of pyridine rings is 1. The van der Waals surface area contributed by atoms with E-state index in [2.05, 4.69) is 26.2 Å². The number of hydrogen-bond donors (Lipinski definition) is 2. The first-order valence-electron chi connectivity index (χ1n) is 5.74. The van der Waals surface area contributed by atoms with Crippen LogP contribution in [0.3, 0.4) is 0 Å². The Hall–Kier alpha value is -2.21. The molecule has 1 heterocycles. The van der Waals surface area contributed by atoms with Crippen LogP contribution in [0.4, 0.5) is 5.82 Å². The minimum Gasteiger partial charge on any atom is -0.478 e. The van der Waals surface area contributed by atoms with Crippen molar-refractivity contribution in [3.05, 3.63) is 57.7 Å². The van der Waals surface area contributed by atoms with Crippen molar-refractivity contribution in [1.82, 2.24) is 4.98 Å². The Labute approximate surface area is 123 Å². The number of aryl methyl sites for hydroxylation is 1. The van der Waals surface area contributed by atoms with Crippen molar-refractivity contribution in [3.8, 4) is 0 Å². The Kier molecular flexibility index (Phi) is 4.14. The zero-order chi connectivity index (χ0) is 14.7. The summed E-state index contributed by atoms with van der Waals surface area (Å²) in [6.07, 6.45) is 1.20. The van der Waals surface area contributed by atoms with Crippen LogP contribution in [0.15, 0.2) is 41.0 Å². The third-order valence-electron chi connectivity index (χ3n) is 2.62. The fourth-order valence-electron chi connectivity index (χ4n) is 1.59. The van der Waals surface area contributed by atoms with Gasteiger partial charge in [0, 0.05) is 10.7 Å². The van der Waals surface area contributed by atoms with Crippen LogP contribution in [0.2, 0.25) is 0 Å². The molecular formula is C14H11BrN2O3. The number of benzene rings is 1. The van der Waals surface area contributed by atoms with Crippen LogP contribution in [-0.2, 0) is 0 Å². The lowest BCUT2D eigenvalue weighted by atomic mass is 10.1. The van der Waals surface area contributed by atoms with Gasteiger partial charge in [0.25, 0.3) is 5.91 Å². The van der Waals surface area contributed by atoms with Crippen LogP contribution in [0.25, 0.3) is 0 Å². The monoisotopic (exact) mass is 334 g/mol. The maximum Gasteiger partial charge on any atom is 0.337 e. The molecule has 0 fully saturated rings. The fourth-order valence-corrected chi connectivity index (χ4v) is 2.02. The molecule has 0 aliphatic carbocycles. The Bertz CT molecular complexity index is 669. The summed E-state index contributed by atoms with van der Waals surface area (Å²) < 4.78 is 0.683. The largest absolute Gasteiger partial charge is 0.478 e. The van der Waals surface area contributed by atoms with Gasteiger partial charge in [0.1, 0.15) is 5.82 Å². The number of nitrogens with one attached hydrogen (secondary N) is 1. The fraction of sp³-hybridized carbons (Fsp3) is 0.0714. The van der Waals surface area contributed by atoms with E-state index in [1.165, 1.54) is 18.3 Å². The van der Waals surface area contributed by atoms with Crippen molar-refractivity contribution in [2.45, 2.75) is 6.92 Å². The van der Waals surface area contributed by atoms with Gasteiger partial charge in [0.2, 0.25) is 0 Å². The second-order valence-corrected chi connectivity index (χ2v) is 5.03. The quantitative estimate of drug-likeness (QED) is 0.903. The number of amides is 1. The number of carbonyl (C=O) groups excluding carboxylic acids is 1. The van der Waals surface area contributed by atoms with Crippen molar-refractivity contribution in [2.24, 2.45) is 0 Å². The average molecular weight is 335 g/mol. The number of carboxylic acid groups (broad SMARTS) is 1. The van der Waals surface area contributed by atoms with Crippen molar-refractivity contribution in [3.63, 3.8) is 0 Å². The predicted octanol–water partition coefficient (Wildman–Crippen LogP) is 3.10. The molecule has 1 aromatic heterocycles. The summed E-state index contributed by atoms with van der Waals surface area (Å²) in [6, 6.07) is 8.28. The average Bonchev–Trinajstić information content (AvgIpc) is 2.42. The molecule has 0 saturated carbocycles. The van der Waals surface area contributed by atoms with Crippen molar-refractivity contribution in [1.29, 1.82) is 0 Å². The second kappa shape index (κ2) is 5.83. The highest BCUT2D eigenvalue weighted by molar-refractivity contribution is 9.10. The van der Waals surface area contributed by atoms with Crippen LogP contribution >= 0.6 is 15.9 Å². The predicted molar refractivity (Wildman–Crippen MR) is 78.0 cm³/mol. The van der Waals surface area contributed by atoms with Crippen molar-refractivity contribution < 1.29 is 14.7 Å². The first-order chi connectivity index (χ1) is 9.47. The molecular weight excluding hydrogens is 324 g/mol. The number of hydrogen-bond acceptors (Lipinski definition) is 3. The number of halogens is 1. The molecule has 0 aliphatic heterocycles. The molecule has 2 aromatic rings. The van der Waals surface area contributed by atoms with E-state index in [4.69, 9.17) is 5.11 Å². The zero-order valence-electron chi connectivity index (χ0n) is 10.6. The molecule has 6 heteroatoms. The van der Waals surface area contributed by atoms with E-state index in [0.29, 0.717) is 15.9 Å². The molecule has 1 amide bonds. The number of aromatic carboxylic acids is 1. The SMILES string of the molecule is Cc1ccc(Br)c(C(=O)Nc2ccc(C(=O)O)cn2)c1. The Balaban J connectivity index is 2.19. The van der Waals surface area contributed by atoms with Gasteiger partial charge in [-0.05, 0) is 47.1 Å². The Morgan fingerprint density at radius 3 is 2.60 bits per heavy atom. The molecule has 2 rings (SSSR count). The number of rotatable bonds is 3. The first kappa shape index (κ1) is 14.2. The van der Waals surface area contributed by atoms with Crippen molar-refractivity contribution in [2.75, 3.05) is 5.32 Å². The number of carbonyl (C=O) groups is 2. The van der Waals surface area contributed by atoms with E-state index < -0.39 is 5.97 Å². The lowest BCUT2D eigenvalue weighted by molar-refractivity contribution is 0.0696. The van der Waals surface area contributed by atoms with E-state index in [1.807, 2.05) is 13.0 Å². The molecule has 5 nitrogen and oxygen atoms in total. The molecule has 102 valence electrons. The smallest absolute Gasteiger partial charge is 0.337 e. The number of nitrogens with zero attached hydrogens (tertiary/aromatic N) is 1. The Morgan fingerprint density at radius 2 is 2.00 bits per heavy atom. The summed E-state index contributed by atoms with van der Waals surface area (Å²) in [7, 11) is 0. The Morgan fingerprint density at radius 1 is 1.25 bits per heavy atom. The molecule has 0 aliphatic rings. The van der Waals surface area contributed by atoms with Gasteiger partial charge >= 0.3 is 5.97 Å². The van der Waals surface area contributed by atoms with Crippen LogP contribution in [0, 0.1) is 6.92 Å². The highest BCUT2D eigenvalue weighted by Crippen LogP contribution is 2.19. The number of aromatic nitrogens is 1. The summed E-state index contributed by atoms with van der Waals surface area (Å²) in [5, 5.41) is 11.4. The van der Waals surface area contributed by atoms with Gasteiger partial charge in [-0.25, -0.2) is 9.78 Å². The normalized spacial score (nSPS) is 10.1. The van der Waals surface area contributed by atoms with Gasteiger partial charge in [0.15, 0.2) is 0 Å². The topological polar surface area (TPSA) is 79.3 Å². The van der Waals surface area contributed by atoms with Gasteiger partial charge < -0.3 is 10.4 Å². The number of carboxylic acids is 1. The minimum atomic E-state index is -1.06. The summed E-state index contributed by atoms with van der Waals surface area (Å²) in [4.78, 5) is 26.7. The maximum absolute atomic E-state index is 12.1. The van der Waals surface area contributed by atoms with Crippen LogP contribution < -0.4 is 5.32 Å². The summed E-state index contributed by atoms with van der Waals surface area (Å²) >= 11 is 3.32. The van der Waals surface area contributed by atoms with E-state index >= 15 is 0 Å². The second-order valence-electron chi connectivity index (χ2n) is 4.17. The molecule has 2 N–H and O–H groups in total. The molecule has 0 spiro atoms. The van der Waals surface area contributed by atoms with Crippen LogP contribution in [-0.4, -0.2) is 22.0 Å². The summed E-state index contributed by atoms with van der Waals surface area (Å²) in [6.45, 7) is 1.89. The van der Waals surface area contributed by atoms with Gasteiger partial charge in [0.05, 0.1) is 11.1 Å². The lowest BCUT2D eigenvalue weighted by Gasteiger charge is -2.07. The van der Waals surface area contributed by atoms with E-state index in [0.717, 1.165) is 5.56 Å². The molecule has 0 saturated heterocycles. The van der Waals surface area contributed by atoms with E-state index in [1.54, 1.807) is 12.1 Å². The molecule has 1 aromatic carbocycles. The third kappa shape index (κ3) is 3.21. The van der Waals surface area contributed by atoms with Gasteiger partial charge in [-0.3, -0.25) is 4.79 Å². The summed E-state index contributed by atoms with van der Waals surface area (Å²) in [5.41, 5.74) is 1.53. The van der Waals surface area contributed by atoms with Gasteiger partial charge in [-0.1, -0.05) is 11.6 Å². The highest BCUT2D eigenvalue weighted by Gasteiger charge is 2.11. The van der Waals surface area contributed by atoms with Crippen LogP contribution in [0.5, 0.6) is 0 Å². The van der Waals surface area contributed by atoms with Crippen LogP contribution in [0.1, 0.15) is 26.3 Å². The van der Waals surface area contributed by atoms with Gasteiger partial charge in [-0.2, -0.15) is 0 Å². The third-order valence-corrected chi connectivity index (χ3v) is 3.31. The summed E-state index contributed by atoms with van der Waals surface area (Å²) in [5.74, 6) is -1.07. The van der Waals surface area contributed by atoms with E-state index in [9.17, 15) is 9.59 Å². The first-order valence-corrected chi connectivity index (χ1v) is 6.53. The molecule has 0 unspecified atom stereocenters. The van der Waals surface area contributed by atoms with Gasteiger partial charge in [-0.15, -0.1) is 0 Å². The molecule has 20 heavy (non-hydrogen) atoms. The molecule has 0 bridgehead atoms. The zero-order valence-corrected chi connectivity index (χ0v) is 12.1. The highest BCUT2D eigenvalue weighted by atomic mass is 79.9. The maximum atomic E-state index is 12.1. The molecule has 0 radical (unpaired) electrons. The standard InChI is InChI=1S/C14H11BrN2O3/c1-8-2-4-11(15)10(6-8)13(18)17-12-5-3-9(7-16-12)14(19)20/h2-7H,1H3,(H,19,20)(H,16,17,18).